The number of hydrogen-bond donors (Lipinski definition) is 1. The molecule has 0 fully saturated rings. The molecule has 1 N–H and O–H groups in total. The summed E-state index contributed by atoms with van der Waals surface area (Å²) in [5.41, 5.74) is 1.49. The summed E-state index contributed by atoms with van der Waals surface area (Å²) in [4.78, 5) is 27.3. The number of aryl methyl sites for hydroxylation is 1. The summed E-state index contributed by atoms with van der Waals surface area (Å²) < 4.78 is 1.41. The molecule has 0 bridgehead atoms. The molecule has 0 aromatic carbocycles. The molecule has 2 aromatic heterocycles. The first-order chi connectivity index (χ1) is 9.00. The lowest BCUT2D eigenvalue weighted by molar-refractivity contribution is 0.0693. The van der Waals surface area contributed by atoms with Crippen LogP contribution in [0.5, 0.6) is 0 Å². The van der Waals surface area contributed by atoms with E-state index in [-0.39, 0.29) is 5.56 Å². The molecule has 2 aromatic rings. The van der Waals surface area contributed by atoms with Crippen molar-refractivity contribution in [2.24, 2.45) is 0 Å². The molecule has 0 amide bonds. The molecule has 0 radical (unpaired) electrons. The normalized spacial score (nSPS) is 10.4. The Morgan fingerprint density at radius 3 is 2.74 bits per heavy atom. The fourth-order valence-electron chi connectivity index (χ4n) is 1.95. The summed E-state index contributed by atoms with van der Waals surface area (Å²) in [7, 11) is 0. The van der Waals surface area contributed by atoms with Gasteiger partial charge in [-0.2, -0.15) is 0 Å². The maximum absolute atomic E-state index is 12.1. The predicted molar refractivity (Wildman–Crippen MR) is 70.5 cm³/mol. The molecule has 0 spiro atoms. The molecule has 98 valence electrons. The lowest BCUT2D eigenvalue weighted by Crippen LogP contribution is -2.28. The summed E-state index contributed by atoms with van der Waals surface area (Å²) >= 11 is 0. The van der Waals surface area contributed by atoms with Crippen molar-refractivity contribution in [2.75, 3.05) is 0 Å². The zero-order valence-corrected chi connectivity index (χ0v) is 10.8. The third kappa shape index (κ3) is 2.54. The van der Waals surface area contributed by atoms with Gasteiger partial charge in [-0.05, 0) is 36.6 Å². The number of carboxylic acids is 1. The molecule has 0 unspecified atom stereocenters. The third-order valence-corrected chi connectivity index (χ3v) is 3.08. The molecule has 2 heterocycles. The number of carbonyl (C=O) groups is 1. The van der Waals surface area contributed by atoms with Gasteiger partial charge in [0.15, 0.2) is 0 Å². The average Bonchev–Trinajstić information content (AvgIpc) is 2.37. The van der Waals surface area contributed by atoms with Crippen LogP contribution in [0.25, 0.3) is 0 Å². The van der Waals surface area contributed by atoms with Gasteiger partial charge < -0.3 is 9.67 Å². The SMILES string of the molecule is Cc1cn(Cc2cccnc2)c(=O)c(C(=O)O)c1C. The van der Waals surface area contributed by atoms with Gasteiger partial charge in [0.2, 0.25) is 0 Å². The third-order valence-electron chi connectivity index (χ3n) is 3.08. The van der Waals surface area contributed by atoms with Crippen molar-refractivity contribution in [3.63, 3.8) is 0 Å². The molecule has 0 aliphatic heterocycles. The van der Waals surface area contributed by atoms with E-state index in [9.17, 15) is 9.59 Å². The highest BCUT2D eigenvalue weighted by atomic mass is 16.4. The largest absolute Gasteiger partial charge is 0.477 e. The highest BCUT2D eigenvalue weighted by molar-refractivity contribution is 5.89. The molecule has 19 heavy (non-hydrogen) atoms. The van der Waals surface area contributed by atoms with Crippen LogP contribution < -0.4 is 5.56 Å². The monoisotopic (exact) mass is 258 g/mol. The second-order valence-electron chi connectivity index (χ2n) is 4.41. The molecule has 0 aliphatic rings. The molecule has 0 aliphatic carbocycles. The topological polar surface area (TPSA) is 72.2 Å². The van der Waals surface area contributed by atoms with E-state index < -0.39 is 11.5 Å². The summed E-state index contributed by atoms with van der Waals surface area (Å²) in [5.74, 6) is -1.19. The second-order valence-corrected chi connectivity index (χ2v) is 4.41. The minimum absolute atomic E-state index is 0.163. The first-order valence-electron chi connectivity index (χ1n) is 5.83. The fourth-order valence-corrected chi connectivity index (χ4v) is 1.95. The standard InChI is InChI=1S/C14H14N2O3/c1-9-7-16(8-11-4-3-5-15-6-11)13(17)12(10(9)2)14(18)19/h3-7H,8H2,1-2H3,(H,18,19). The van der Waals surface area contributed by atoms with Crippen molar-refractivity contribution in [3.8, 4) is 0 Å². The lowest BCUT2D eigenvalue weighted by atomic mass is 10.1. The molecule has 0 saturated carbocycles. The minimum atomic E-state index is -1.19. The van der Waals surface area contributed by atoms with Gasteiger partial charge in [-0.1, -0.05) is 6.07 Å². The molecule has 0 saturated heterocycles. The number of rotatable bonds is 3. The Morgan fingerprint density at radius 2 is 2.16 bits per heavy atom. The van der Waals surface area contributed by atoms with Crippen molar-refractivity contribution in [1.29, 1.82) is 0 Å². The average molecular weight is 258 g/mol. The van der Waals surface area contributed by atoms with Crippen LogP contribution in [0.3, 0.4) is 0 Å². The van der Waals surface area contributed by atoms with Crippen LogP contribution in [0, 0.1) is 13.8 Å². The maximum atomic E-state index is 12.1. The van der Waals surface area contributed by atoms with E-state index in [1.165, 1.54) is 4.57 Å². The smallest absolute Gasteiger partial charge is 0.341 e. The highest BCUT2D eigenvalue weighted by Gasteiger charge is 2.16. The Labute approximate surface area is 110 Å². The Hall–Kier alpha value is -2.43. The Kier molecular flexibility index (Phi) is 3.46. The minimum Gasteiger partial charge on any atom is -0.477 e. The molecular formula is C14H14N2O3. The first-order valence-corrected chi connectivity index (χ1v) is 5.83. The van der Waals surface area contributed by atoms with E-state index >= 15 is 0 Å². The molecule has 5 heteroatoms. The zero-order valence-electron chi connectivity index (χ0n) is 10.8. The van der Waals surface area contributed by atoms with Crippen molar-refractivity contribution < 1.29 is 9.90 Å². The summed E-state index contributed by atoms with van der Waals surface area (Å²) in [6.07, 6.45) is 4.98. The Bertz CT molecular complexity index is 675. The number of carboxylic acid groups (broad SMARTS) is 1. The number of nitrogens with zero attached hydrogens (tertiary/aromatic N) is 2. The molecule has 5 nitrogen and oxygen atoms in total. The number of aromatic carboxylic acids is 1. The Morgan fingerprint density at radius 1 is 1.42 bits per heavy atom. The van der Waals surface area contributed by atoms with Crippen LogP contribution >= 0.6 is 0 Å². The van der Waals surface area contributed by atoms with Crippen LogP contribution in [-0.4, -0.2) is 20.6 Å². The van der Waals surface area contributed by atoms with Gasteiger partial charge in [0.1, 0.15) is 5.56 Å². The highest BCUT2D eigenvalue weighted by Crippen LogP contribution is 2.10. The Balaban J connectivity index is 2.54. The number of hydrogen-bond acceptors (Lipinski definition) is 3. The molecule has 0 atom stereocenters. The van der Waals surface area contributed by atoms with E-state index in [1.54, 1.807) is 38.5 Å². The summed E-state index contributed by atoms with van der Waals surface area (Å²) in [6.45, 7) is 3.75. The van der Waals surface area contributed by atoms with Crippen molar-refractivity contribution in [2.45, 2.75) is 20.4 Å². The zero-order chi connectivity index (χ0) is 14.0. The van der Waals surface area contributed by atoms with Gasteiger partial charge in [-0.15, -0.1) is 0 Å². The molecule has 2 rings (SSSR count). The van der Waals surface area contributed by atoms with E-state index in [4.69, 9.17) is 5.11 Å². The summed E-state index contributed by atoms with van der Waals surface area (Å²) in [6, 6.07) is 3.62. The van der Waals surface area contributed by atoms with Crippen molar-refractivity contribution in [1.82, 2.24) is 9.55 Å². The molecular weight excluding hydrogens is 244 g/mol. The van der Waals surface area contributed by atoms with E-state index in [2.05, 4.69) is 4.98 Å². The summed E-state index contributed by atoms with van der Waals surface area (Å²) in [5, 5.41) is 9.14. The number of pyridine rings is 2. The van der Waals surface area contributed by atoms with Gasteiger partial charge >= 0.3 is 5.97 Å². The van der Waals surface area contributed by atoms with Gasteiger partial charge in [0.25, 0.3) is 5.56 Å². The van der Waals surface area contributed by atoms with Crippen molar-refractivity contribution >= 4 is 5.97 Å². The maximum Gasteiger partial charge on any atom is 0.341 e. The van der Waals surface area contributed by atoms with Gasteiger partial charge in [0.05, 0.1) is 6.54 Å². The van der Waals surface area contributed by atoms with Crippen LogP contribution in [0.1, 0.15) is 27.0 Å². The van der Waals surface area contributed by atoms with E-state index in [0.29, 0.717) is 12.1 Å². The second kappa shape index (κ2) is 5.06. The number of aromatic nitrogens is 2. The van der Waals surface area contributed by atoms with Gasteiger partial charge in [-0.3, -0.25) is 9.78 Å². The van der Waals surface area contributed by atoms with Crippen LogP contribution in [0.15, 0.2) is 35.5 Å². The van der Waals surface area contributed by atoms with Crippen molar-refractivity contribution in [3.05, 3.63) is 63.3 Å². The van der Waals surface area contributed by atoms with E-state index in [0.717, 1.165) is 11.1 Å². The predicted octanol–water partition coefficient (Wildman–Crippen LogP) is 1.61. The lowest BCUT2D eigenvalue weighted by Gasteiger charge is -2.11. The van der Waals surface area contributed by atoms with Gasteiger partial charge in [0, 0.05) is 18.6 Å². The van der Waals surface area contributed by atoms with Crippen LogP contribution in [0.2, 0.25) is 0 Å². The van der Waals surface area contributed by atoms with Crippen LogP contribution in [0.4, 0.5) is 0 Å². The van der Waals surface area contributed by atoms with Gasteiger partial charge in [-0.25, -0.2) is 4.79 Å². The quantitative estimate of drug-likeness (QED) is 0.907. The fraction of sp³-hybridized carbons (Fsp3) is 0.214. The van der Waals surface area contributed by atoms with E-state index in [1.807, 2.05) is 6.07 Å². The van der Waals surface area contributed by atoms with Crippen LogP contribution in [-0.2, 0) is 6.54 Å². The first kappa shape index (κ1) is 13.0.